The maximum absolute atomic E-state index is 13.3. The van der Waals surface area contributed by atoms with Crippen molar-refractivity contribution in [3.05, 3.63) is 53.8 Å². The fraction of sp³-hybridized carbons (Fsp3) is 0.292. The number of aliphatic imine (C=N–C) groups is 1. The lowest BCUT2D eigenvalue weighted by Gasteiger charge is -2.29. The van der Waals surface area contributed by atoms with Gasteiger partial charge in [-0.25, -0.2) is 9.78 Å². The first-order chi connectivity index (χ1) is 16.5. The van der Waals surface area contributed by atoms with E-state index >= 15 is 0 Å². The highest BCUT2D eigenvalue weighted by Gasteiger charge is 2.35. The average Bonchev–Trinajstić information content (AvgIpc) is 3.42. The minimum Gasteiger partial charge on any atom is -0.348 e. The molecule has 2 aromatic rings. The number of carbonyl (C=O) groups is 3. The maximum atomic E-state index is 13.3. The van der Waals surface area contributed by atoms with E-state index in [-0.39, 0.29) is 29.9 Å². The molecule has 1 aliphatic heterocycles. The molecule has 1 aliphatic carbocycles. The fourth-order valence-corrected chi connectivity index (χ4v) is 5.30. The Hall–Kier alpha value is -3.79. The average molecular weight is 479 g/mol. The molecule has 10 heteroatoms. The molecule has 4 amide bonds. The van der Waals surface area contributed by atoms with Gasteiger partial charge in [-0.1, -0.05) is 12.7 Å². The largest absolute Gasteiger partial charge is 0.348 e. The Bertz CT molecular complexity index is 1240. The third-order valence-electron chi connectivity index (χ3n) is 5.75. The van der Waals surface area contributed by atoms with E-state index in [9.17, 15) is 14.4 Å². The molecule has 2 atom stereocenters. The number of anilines is 2. The van der Waals surface area contributed by atoms with Gasteiger partial charge in [0.05, 0.1) is 28.7 Å². The lowest BCUT2D eigenvalue weighted by molar-refractivity contribution is -0.117. The molecule has 1 saturated carbocycles. The van der Waals surface area contributed by atoms with Crippen molar-refractivity contribution in [3.8, 4) is 0 Å². The van der Waals surface area contributed by atoms with Crippen molar-refractivity contribution in [2.24, 2.45) is 4.99 Å². The number of urea groups is 1. The van der Waals surface area contributed by atoms with E-state index in [1.807, 2.05) is 13.0 Å². The van der Waals surface area contributed by atoms with E-state index in [4.69, 9.17) is 0 Å². The molecule has 176 valence electrons. The molecule has 0 saturated heterocycles. The van der Waals surface area contributed by atoms with Crippen LogP contribution in [0.2, 0.25) is 0 Å². The van der Waals surface area contributed by atoms with Crippen molar-refractivity contribution in [1.82, 2.24) is 15.6 Å². The highest BCUT2D eigenvalue weighted by Crippen LogP contribution is 2.44. The van der Waals surface area contributed by atoms with Gasteiger partial charge in [-0.3, -0.25) is 19.5 Å². The second-order valence-corrected chi connectivity index (χ2v) is 8.87. The number of nitrogens with zero attached hydrogens (tertiary/aromatic N) is 3. The zero-order valence-electron chi connectivity index (χ0n) is 19.0. The van der Waals surface area contributed by atoms with Gasteiger partial charge in [0.25, 0.3) is 5.91 Å². The first kappa shape index (κ1) is 23.4. The number of rotatable bonds is 7. The number of hydrogen-bond acceptors (Lipinski definition) is 6. The van der Waals surface area contributed by atoms with E-state index in [0.717, 1.165) is 19.3 Å². The Balaban J connectivity index is 1.69. The summed E-state index contributed by atoms with van der Waals surface area (Å²) in [7, 11) is 0. The quantitative estimate of drug-likeness (QED) is 0.315. The number of nitrogens with one attached hydrogen (secondary N) is 3. The van der Waals surface area contributed by atoms with Crippen LogP contribution in [0.3, 0.4) is 0 Å². The third-order valence-corrected chi connectivity index (χ3v) is 6.85. The summed E-state index contributed by atoms with van der Waals surface area (Å²) in [5.74, 6) is -0.566. The summed E-state index contributed by atoms with van der Waals surface area (Å²) in [4.78, 5) is 49.4. The van der Waals surface area contributed by atoms with E-state index in [2.05, 4.69) is 32.5 Å². The Kier molecular flexibility index (Phi) is 6.87. The Labute approximate surface area is 201 Å². The number of pyridine rings is 1. The Morgan fingerprint density at radius 2 is 2.06 bits per heavy atom. The zero-order chi connectivity index (χ0) is 24.2. The number of hydrogen-bond donors (Lipinski definition) is 3. The number of thiophene rings is 1. The topological polar surface area (TPSA) is 116 Å². The molecule has 4 rings (SSSR count). The number of aromatic nitrogens is 1. The number of carbonyl (C=O) groups excluding carboxylic acids is 3. The van der Waals surface area contributed by atoms with Crippen LogP contribution in [0.15, 0.2) is 54.0 Å². The summed E-state index contributed by atoms with van der Waals surface area (Å²) >= 11 is 1.23. The summed E-state index contributed by atoms with van der Waals surface area (Å²) in [6.07, 6.45) is 12.1. The van der Waals surface area contributed by atoms with Crippen LogP contribution < -0.4 is 20.9 Å². The third kappa shape index (κ3) is 4.36. The van der Waals surface area contributed by atoms with Gasteiger partial charge in [-0.15, -0.1) is 11.3 Å². The highest BCUT2D eigenvalue weighted by atomic mass is 32.1. The molecule has 3 N–H and O–H groups in total. The molecule has 0 radical (unpaired) electrons. The van der Waals surface area contributed by atoms with Crippen molar-refractivity contribution in [2.45, 2.75) is 45.2 Å². The molecular formula is C24H26N6O3S. The fourth-order valence-electron chi connectivity index (χ4n) is 4.28. The van der Waals surface area contributed by atoms with Gasteiger partial charge < -0.3 is 16.0 Å². The molecule has 0 unspecified atom stereocenters. The lowest BCUT2D eigenvalue weighted by Crippen LogP contribution is -2.48. The molecular weight excluding hydrogens is 452 g/mol. The van der Waals surface area contributed by atoms with Crippen LogP contribution in [-0.4, -0.2) is 41.1 Å². The summed E-state index contributed by atoms with van der Waals surface area (Å²) < 4.78 is 0. The van der Waals surface area contributed by atoms with Crippen LogP contribution in [0.1, 0.15) is 42.8 Å². The SMILES string of the molecule is C=CC(=O)N[C@@H]1CCC[C@@H]1NC(=O)c1sc2nccc3c2c1NC(=O)N3C(/C=C/C)=C/N=CC. The molecule has 9 nitrogen and oxygen atoms in total. The maximum Gasteiger partial charge on any atom is 0.331 e. The highest BCUT2D eigenvalue weighted by molar-refractivity contribution is 7.21. The second kappa shape index (κ2) is 10.0. The standard InChI is InChI=1S/C24H26N6O3S/c1-4-8-14(13-25-6-3)30-17-11-12-26-23-19(17)20(29-24(30)33)21(34-23)22(32)28-16-10-7-9-15(16)27-18(31)5-2/h4-6,8,11-13,15-16H,2,7,9-10H2,1,3H3,(H,27,31)(H,28,32)(H,29,33)/b8-4+,14-13+,25-6?/t15-,16+/m1/s1. The Morgan fingerprint density at radius 3 is 2.76 bits per heavy atom. The van der Waals surface area contributed by atoms with Crippen LogP contribution in [0.5, 0.6) is 0 Å². The number of amides is 4. The summed E-state index contributed by atoms with van der Waals surface area (Å²) in [6.45, 7) is 7.14. The lowest BCUT2D eigenvalue weighted by atomic mass is 10.1. The van der Waals surface area contributed by atoms with E-state index in [1.54, 1.807) is 37.7 Å². The van der Waals surface area contributed by atoms with Crippen molar-refractivity contribution in [3.63, 3.8) is 0 Å². The minimum atomic E-state index is -0.389. The van der Waals surface area contributed by atoms with Gasteiger partial charge in [0.2, 0.25) is 5.91 Å². The van der Waals surface area contributed by atoms with Crippen molar-refractivity contribution in [1.29, 1.82) is 0 Å². The first-order valence-electron chi connectivity index (χ1n) is 11.1. The van der Waals surface area contributed by atoms with Crippen LogP contribution in [0.4, 0.5) is 16.2 Å². The summed E-state index contributed by atoms with van der Waals surface area (Å²) in [5.41, 5.74) is 1.66. The minimum absolute atomic E-state index is 0.161. The van der Waals surface area contributed by atoms with Gasteiger partial charge in [0, 0.05) is 24.5 Å². The van der Waals surface area contributed by atoms with Gasteiger partial charge in [-0.05, 0) is 51.3 Å². The second-order valence-electron chi connectivity index (χ2n) is 7.87. The van der Waals surface area contributed by atoms with Crippen LogP contribution in [-0.2, 0) is 4.79 Å². The van der Waals surface area contributed by atoms with E-state index in [0.29, 0.717) is 32.2 Å². The van der Waals surface area contributed by atoms with Crippen LogP contribution in [0.25, 0.3) is 10.2 Å². The molecule has 1 fully saturated rings. The van der Waals surface area contributed by atoms with Gasteiger partial charge in [-0.2, -0.15) is 0 Å². The molecule has 34 heavy (non-hydrogen) atoms. The van der Waals surface area contributed by atoms with Gasteiger partial charge in [0.15, 0.2) is 0 Å². The van der Waals surface area contributed by atoms with Crippen LogP contribution >= 0.6 is 11.3 Å². The van der Waals surface area contributed by atoms with Gasteiger partial charge in [0.1, 0.15) is 9.71 Å². The Morgan fingerprint density at radius 1 is 1.29 bits per heavy atom. The molecule has 0 bridgehead atoms. The van der Waals surface area contributed by atoms with E-state index in [1.165, 1.54) is 22.3 Å². The first-order valence-corrected chi connectivity index (χ1v) is 11.9. The molecule has 0 spiro atoms. The molecule has 0 aromatic carbocycles. The number of allylic oxidation sites excluding steroid dienone is 2. The normalized spacial score (nSPS) is 20.2. The summed E-state index contributed by atoms with van der Waals surface area (Å²) in [6, 6.07) is 1.00. The molecule has 2 aromatic heterocycles. The molecule has 2 aliphatic rings. The zero-order valence-corrected chi connectivity index (χ0v) is 19.8. The monoisotopic (exact) mass is 478 g/mol. The van der Waals surface area contributed by atoms with Crippen molar-refractivity contribution >= 4 is 57.0 Å². The van der Waals surface area contributed by atoms with Gasteiger partial charge >= 0.3 is 6.03 Å². The van der Waals surface area contributed by atoms with Crippen LogP contribution in [0, 0.1) is 0 Å². The smallest absolute Gasteiger partial charge is 0.331 e. The molecule has 3 heterocycles. The predicted molar refractivity (Wildman–Crippen MR) is 135 cm³/mol. The van der Waals surface area contributed by atoms with E-state index < -0.39 is 0 Å². The van der Waals surface area contributed by atoms with Crippen molar-refractivity contribution < 1.29 is 14.4 Å². The predicted octanol–water partition coefficient (Wildman–Crippen LogP) is 4.11. The van der Waals surface area contributed by atoms with Crippen molar-refractivity contribution in [2.75, 3.05) is 10.2 Å². The summed E-state index contributed by atoms with van der Waals surface area (Å²) in [5, 5.41) is 9.51.